The molecule has 1 aliphatic carbocycles. The summed E-state index contributed by atoms with van der Waals surface area (Å²) in [4.78, 5) is 22.7. The Labute approximate surface area is 148 Å². The van der Waals surface area contributed by atoms with Crippen molar-refractivity contribution in [3.8, 4) is 0 Å². The average molecular weight is 367 g/mol. The highest BCUT2D eigenvalue weighted by Crippen LogP contribution is 2.29. The third-order valence-corrected chi connectivity index (χ3v) is 6.82. The molecule has 0 saturated heterocycles. The maximum atomic E-state index is 12.5. The smallest absolute Gasteiger partial charge is 0.303 e. The molecule has 138 valence electrons. The first kappa shape index (κ1) is 19.4. The number of nitrogens with one attached hydrogen (secondary N) is 1. The number of carboxylic acids is 1. The first-order chi connectivity index (χ1) is 11.9. The molecular weight excluding hydrogens is 342 g/mol. The highest BCUT2D eigenvalue weighted by molar-refractivity contribution is 7.92. The van der Waals surface area contributed by atoms with E-state index >= 15 is 0 Å². The molecule has 2 N–H and O–H groups in total. The molecule has 6 nitrogen and oxygen atoms in total. The van der Waals surface area contributed by atoms with Gasteiger partial charge in [-0.2, -0.15) is 0 Å². The normalized spacial score (nSPS) is 15.2. The summed E-state index contributed by atoms with van der Waals surface area (Å²) in [6, 6.07) is 6.11. The van der Waals surface area contributed by atoms with Crippen molar-refractivity contribution in [3.05, 3.63) is 29.8 Å². The zero-order chi connectivity index (χ0) is 18.3. The van der Waals surface area contributed by atoms with Gasteiger partial charge in [-0.25, -0.2) is 8.42 Å². The third-order valence-electron chi connectivity index (χ3n) is 4.54. The SMILES string of the molecule is O=C(O)CCCCCNC(=O)c1ccc(S(=O)(=O)C2CCCC2)cc1. The molecule has 0 aromatic heterocycles. The van der Waals surface area contributed by atoms with Crippen molar-refractivity contribution in [2.45, 2.75) is 61.5 Å². The summed E-state index contributed by atoms with van der Waals surface area (Å²) in [7, 11) is -3.30. The molecule has 0 atom stereocenters. The lowest BCUT2D eigenvalue weighted by Gasteiger charge is -2.11. The molecule has 25 heavy (non-hydrogen) atoms. The highest BCUT2D eigenvalue weighted by Gasteiger charge is 2.30. The van der Waals surface area contributed by atoms with E-state index in [4.69, 9.17) is 5.11 Å². The van der Waals surface area contributed by atoms with Crippen molar-refractivity contribution in [1.29, 1.82) is 0 Å². The number of unbranched alkanes of at least 4 members (excludes halogenated alkanes) is 2. The van der Waals surface area contributed by atoms with Gasteiger partial charge in [0.1, 0.15) is 0 Å². The van der Waals surface area contributed by atoms with Crippen LogP contribution in [0.4, 0.5) is 0 Å². The van der Waals surface area contributed by atoms with Gasteiger partial charge in [-0.05, 0) is 49.9 Å². The van der Waals surface area contributed by atoms with Crippen LogP contribution in [0.5, 0.6) is 0 Å². The van der Waals surface area contributed by atoms with Gasteiger partial charge >= 0.3 is 5.97 Å². The van der Waals surface area contributed by atoms with Crippen LogP contribution in [0, 0.1) is 0 Å². The first-order valence-electron chi connectivity index (χ1n) is 8.75. The summed E-state index contributed by atoms with van der Waals surface area (Å²) in [5.74, 6) is -1.06. The van der Waals surface area contributed by atoms with Gasteiger partial charge in [0.25, 0.3) is 5.91 Å². The number of hydrogen-bond acceptors (Lipinski definition) is 4. The Kier molecular flexibility index (Phi) is 6.99. The quantitative estimate of drug-likeness (QED) is 0.654. The Morgan fingerprint density at radius 2 is 1.68 bits per heavy atom. The van der Waals surface area contributed by atoms with Crippen LogP contribution in [0.3, 0.4) is 0 Å². The van der Waals surface area contributed by atoms with Crippen LogP contribution in [0.15, 0.2) is 29.2 Å². The zero-order valence-corrected chi connectivity index (χ0v) is 15.1. The van der Waals surface area contributed by atoms with E-state index in [1.807, 2.05) is 0 Å². The number of carbonyl (C=O) groups excluding carboxylic acids is 1. The van der Waals surface area contributed by atoms with E-state index < -0.39 is 15.8 Å². The maximum Gasteiger partial charge on any atom is 0.303 e. The van der Waals surface area contributed by atoms with Gasteiger partial charge in [-0.1, -0.05) is 19.3 Å². The summed E-state index contributed by atoms with van der Waals surface area (Å²) < 4.78 is 25.0. The van der Waals surface area contributed by atoms with Crippen molar-refractivity contribution in [3.63, 3.8) is 0 Å². The van der Waals surface area contributed by atoms with E-state index in [9.17, 15) is 18.0 Å². The molecule has 1 aliphatic rings. The van der Waals surface area contributed by atoms with Gasteiger partial charge in [0, 0.05) is 18.5 Å². The molecule has 0 bridgehead atoms. The molecular formula is C18H25NO5S. The van der Waals surface area contributed by atoms with Crippen LogP contribution in [0.25, 0.3) is 0 Å². The van der Waals surface area contributed by atoms with E-state index in [1.165, 1.54) is 12.1 Å². The molecule has 2 rings (SSSR count). The number of carboxylic acid groups (broad SMARTS) is 1. The molecule has 0 radical (unpaired) electrons. The second-order valence-corrected chi connectivity index (χ2v) is 8.66. The highest BCUT2D eigenvalue weighted by atomic mass is 32.2. The van der Waals surface area contributed by atoms with Gasteiger partial charge in [-0.15, -0.1) is 0 Å². The van der Waals surface area contributed by atoms with Crippen LogP contribution < -0.4 is 5.32 Å². The monoisotopic (exact) mass is 367 g/mol. The lowest BCUT2D eigenvalue weighted by atomic mass is 10.2. The minimum absolute atomic E-state index is 0.144. The van der Waals surface area contributed by atoms with E-state index in [0.29, 0.717) is 37.8 Å². The van der Waals surface area contributed by atoms with Gasteiger partial charge in [0.05, 0.1) is 10.1 Å². The molecule has 7 heteroatoms. The molecule has 1 aromatic rings. The second-order valence-electron chi connectivity index (χ2n) is 6.44. The number of aliphatic carboxylic acids is 1. The van der Waals surface area contributed by atoms with Gasteiger partial charge < -0.3 is 10.4 Å². The Hall–Kier alpha value is -1.89. The molecule has 1 saturated carbocycles. The lowest BCUT2D eigenvalue weighted by Crippen LogP contribution is -2.24. The van der Waals surface area contributed by atoms with Crippen molar-refractivity contribution >= 4 is 21.7 Å². The van der Waals surface area contributed by atoms with Crippen LogP contribution in [0.2, 0.25) is 0 Å². The fourth-order valence-corrected chi connectivity index (χ4v) is 4.92. The van der Waals surface area contributed by atoms with Crippen LogP contribution >= 0.6 is 0 Å². The fraction of sp³-hybridized carbons (Fsp3) is 0.556. The fourth-order valence-electron chi connectivity index (χ4n) is 3.07. The van der Waals surface area contributed by atoms with E-state index in [2.05, 4.69) is 5.32 Å². The van der Waals surface area contributed by atoms with Crippen LogP contribution in [0.1, 0.15) is 61.7 Å². The summed E-state index contributed by atoms with van der Waals surface area (Å²) in [5, 5.41) is 11.0. The number of rotatable bonds is 9. The van der Waals surface area contributed by atoms with E-state index in [0.717, 1.165) is 19.3 Å². The van der Waals surface area contributed by atoms with Crippen molar-refractivity contribution in [2.24, 2.45) is 0 Å². The Morgan fingerprint density at radius 1 is 1.04 bits per heavy atom. The summed E-state index contributed by atoms with van der Waals surface area (Å²) >= 11 is 0. The van der Waals surface area contributed by atoms with Gasteiger partial charge in [0.15, 0.2) is 9.84 Å². The first-order valence-corrected chi connectivity index (χ1v) is 10.3. The van der Waals surface area contributed by atoms with Crippen LogP contribution in [-0.2, 0) is 14.6 Å². The summed E-state index contributed by atoms with van der Waals surface area (Å²) in [6.07, 6.45) is 5.54. The molecule has 0 spiro atoms. The largest absolute Gasteiger partial charge is 0.481 e. The number of benzene rings is 1. The molecule has 0 heterocycles. The van der Waals surface area contributed by atoms with Gasteiger partial charge in [0.2, 0.25) is 0 Å². The predicted octanol–water partition coefficient (Wildman–Crippen LogP) is 2.78. The van der Waals surface area contributed by atoms with Crippen LogP contribution in [-0.4, -0.2) is 37.2 Å². The number of carbonyl (C=O) groups is 2. The molecule has 0 aliphatic heterocycles. The van der Waals surface area contributed by atoms with E-state index in [1.54, 1.807) is 12.1 Å². The Bertz CT molecular complexity index is 691. The predicted molar refractivity (Wildman–Crippen MR) is 94.3 cm³/mol. The van der Waals surface area contributed by atoms with Crippen molar-refractivity contribution in [2.75, 3.05) is 6.54 Å². The lowest BCUT2D eigenvalue weighted by molar-refractivity contribution is -0.137. The minimum atomic E-state index is -3.30. The summed E-state index contributed by atoms with van der Waals surface area (Å²) in [5.41, 5.74) is 0.427. The number of sulfone groups is 1. The molecule has 0 unspecified atom stereocenters. The number of amides is 1. The minimum Gasteiger partial charge on any atom is -0.481 e. The summed E-state index contributed by atoms with van der Waals surface area (Å²) in [6.45, 7) is 0.473. The maximum absolute atomic E-state index is 12.5. The molecule has 1 fully saturated rings. The topological polar surface area (TPSA) is 101 Å². The van der Waals surface area contributed by atoms with Gasteiger partial charge in [-0.3, -0.25) is 9.59 Å². The number of hydrogen-bond donors (Lipinski definition) is 2. The van der Waals surface area contributed by atoms with Crippen molar-refractivity contribution < 1.29 is 23.1 Å². The average Bonchev–Trinajstić information content (AvgIpc) is 3.13. The standard InChI is InChI=1S/C18H25NO5S/c20-17(21)8-2-1-5-13-19-18(22)14-9-11-16(12-10-14)25(23,24)15-6-3-4-7-15/h9-12,15H,1-8,13H2,(H,19,22)(H,20,21). The Balaban J connectivity index is 1.82. The molecule has 1 amide bonds. The second kappa shape index (κ2) is 8.99. The third kappa shape index (κ3) is 5.56. The zero-order valence-electron chi connectivity index (χ0n) is 14.2. The Morgan fingerprint density at radius 3 is 2.28 bits per heavy atom. The van der Waals surface area contributed by atoms with Crippen molar-refractivity contribution in [1.82, 2.24) is 5.32 Å². The van der Waals surface area contributed by atoms with E-state index in [-0.39, 0.29) is 22.5 Å². The molecule has 1 aromatic carbocycles.